The van der Waals surface area contributed by atoms with Crippen molar-refractivity contribution < 1.29 is 36.0 Å². The molecule has 1 heterocycles. The number of aromatic hydroxyl groups is 1. The molecule has 0 atom stereocenters. The van der Waals surface area contributed by atoms with Crippen LogP contribution >= 0.6 is 0 Å². The first kappa shape index (κ1) is 23.1. The van der Waals surface area contributed by atoms with Crippen molar-refractivity contribution in [3.63, 3.8) is 0 Å². The van der Waals surface area contributed by atoms with Crippen molar-refractivity contribution in [3.05, 3.63) is 82.7 Å². The van der Waals surface area contributed by atoms with Crippen LogP contribution in [-0.4, -0.2) is 15.2 Å². The molecule has 1 aromatic heterocycles. The Balaban J connectivity index is 1.58. The van der Waals surface area contributed by atoms with Gasteiger partial charge in [-0.3, -0.25) is 0 Å². The van der Waals surface area contributed by atoms with Crippen LogP contribution in [-0.2, 0) is 12.7 Å². The van der Waals surface area contributed by atoms with Gasteiger partial charge in [-0.1, -0.05) is 17.3 Å². The molecule has 0 radical (unpaired) electrons. The molecule has 0 aliphatic heterocycles. The molecule has 4 aromatic rings. The lowest BCUT2D eigenvalue weighted by Gasteiger charge is -2.13. The summed E-state index contributed by atoms with van der Waals surface area (Å²) in [5, 5.41) is 16.0. The number of phenolic OH excluding ortho intramolecular Hbond substituents is 1. The van der Waals surface area contributed by atoms with Gasteiger partial charge < -0.3 is 14.9 Å². The summed E-state index contributed by atoms with van der Waals surface area (Å²) in [6.07, 6.45) is -4.67. The van der Waals surface area contributed by atoms with Gasteiger partial charge in [0, 0.05) is 23.4 Å². The van der Waals surface area contributed by atoms with E-state index in [0.29, 0.717) is 17.3 Å². The molecule has 11 heteroatoms. The highest BCUT2D eigenvalue weighted by atomic mass is 19.4. The topological polar surface area (TPSA) is 71.2 Å². The molecule has 0 amide bonds. The number of phenols is 1. The lowest BCUT2D eigenvalue weighted by Crippen LogP contribution is -2.08. The van der Waals surface area contributed by atoms with E-state index in [1.165, 1.54) is 0 Å². The van der Waals surface area contributed by atoms with E-state index in [0.717, 1.165) is 29.8 Å². The summed E-state index contributed by atoms with van der Waals surface area (Å²) in [5.41, 5.74) is 0.624. The summed E-state index contributed by atoms with van der Waals surface area (Å²) >= 11 is 0. The summed E-state index contributed by atoms with van der Waals surface area (Å²) < 4.78 is 84.8. The van der Waals surface area contributed by atoms with Gasteiger partial charge >= 0.3 is 6.18 Å². The molecule has 176 valence electrons. The van der Waals surface area contributed by atoms with Crippen molar-refractivity contribution in [3.8, 4) is 28.6 Å². The SMILES string of the molecule is Cc1ccc(-c2noc(-c3cc(F)c(O)c(F)c3)n2)cc1NCc1cc(F)cc(C(F)(F)F)c1. The van der Waals surface area contributed by atoms with Crippen molar-refractivity contribution in [2.45, 2.75) is 19.6 Å². The van der Waals surface area contributed by atoms with Gasteiger partial charge in [0.1, 0.15) is 5.82 Å². The number of anilines is 1. The Kier molecular flexibility index (Phi) is 5.94. The molecule has 0 unspecified atom stereocenters. The Hall–Kier alpha value is -4.02. The molecule has 0 bridgehead atoms. The van der Waals surface area contributed by atoms with Gasteiger partial charge in [-0.15, -0.1) is 0 Å². The lowest BCUT2D eigenvalue weighted by molar-refractivity contribution is -0.137. The van der Waals surface area contributed by atoms with Crippen LogP contribution in [0.3, 0.4) is 0 Å². The van der Waals surface area contributed by atoms with Crippen LogP contribution in [0, 0.1) is 24.4 Å². The number of benzene rings is 3. The van der Waals surface area contributed by atoms with E-state index in [4.69, 9.17) is 4.52 Å². The predicted octanol–water partition coefficient (Wildman–Crippen LogP) is 6.47. The second kappa shape index (κ2) is 8.73. The number of aryl methyl sites for hydroxylation is 1. The third kappa shape index (κ3) is 4.82. The quantitative estimate of drug-likeness (QED) is 0.321. The van der Waals surface area contributed by atoms with Crippen molar-refractivity contribution in [2.24, 2.45) is 0 Å². The number of hydrogen-bond donors (Lipinski definition) is 2. The third-order valence-electron chi connectivity index (χ3n) is 4.95. The highest BCUT2D eigenvalue weighted by molar-refractivity contribution is 5.67. The number of nitrogens with zero attached hydrogens (tertiary/aromatic N) is 2. The fraction of sp³-hybridized carbons (Fsp3) is 0.130. The number of aromatic nitrogens is 2. The van der Waals surface area contributed by atoms with Gasteiger partial charge in [-0.25, -0.2) is 13.2 Å². The van der Waals surface area contributed by atoms with E-state index in [1.807, 2.05) is 0 Å². The molecule has 0 saturated carbocycles. The Morgan fingerprint density at radius 1 is 0.941 bits per heavy atom. The van der Waals surface area contributed by atoms with E-state index < -0.39 is 34.9 Å². The van der Waals surface area contributed by atoms with Crippen LogP contribution < -0.4 is 5.32 Å². The highest BCUT2D eigenvalue weighted by Crippen LogP contribution is 2.32. The minimum atomic E-state index is -4.67. The maximum absolute atomic E-state index is 13.6. The second-order valence-corrected chi connectivity index (χ2v) is 7.44. The van der Waals surface area contributed by atoms with E-state index in [-0.39, 0.29) is 29.4 Å². The maximum Gasteiger partial charge on any atom is 0.416 e. The van der Waals surface area contributed by atoms with Crippen molar-refractivity contribution in [1.82, 2.24) is 10.1 Å². The van der Waals surface area contributed by atoms with E-state index >= 15 is 0 Å². The van der Waals surface area contributed by atoms with Gasteiger partial charge in [0.15, 0.2) is 17.4 Å². The van der Waals surface area contributed by atoms with Gasteiger partial charge in [0.05, 0.1) is 5.56 Å². The average molecular weight is 479 g/mol. The number of rotatable bonds is 5. The van der Waals surface area contributed by atoms with E-state index in [2.05, 4.69) is 15.5 Å². The normalized spacial score (nSPS) is 11.6. The molecule has 34 heavy (non-hydrogen) atoms. The summed E-state index contributed by atoms with van der Waals surface area (Å²) in [6.45, 7) is 1.66. The molecule has 0 spiro atoms. The molecule has 0 fully saturated rings. The first-order valence-electron chi connectivity index (χ1n) is 9.75. The van der Waals surface area contributed by atoms with E-state index in [1.54, 1.807) is 25.1 Å². The third-order valence-corrected chi connectivity index (χ3v) is 4.95. The first-order valence-corrected chi connectivity index (χ1v) is 9.75. The van der Waals surface area contributed by atoms with Crippen LogP contribution in [0.5, 0.6) is 5.75 Å². The summed E-state index contributed by atoms with van der Waals surface area (Å²) in [5.74, 6) is -4.62. The minimum absolute atomic E-state index is 0.0800. The van der Waals surface area contributed by atoms with Gasteiger partial charge in [-0.2, -0.15) is 18.2 Å². The first-order chi connectivity index (χ1) is 16.0. The zero-order valence-electron chi connectivity index (χ0n) is 17.3. The van der Waals surface area contributed by atoms with Crippen LogP contribution in [0.2, 0.25) is 0 Å². The number of hydrogen-bond acceptors (Lipinski definition) is 5. The number of nitrogens with one attached hydrogen (secondary N) is 1. The van der Waals surface area contributed by atoms with Crippen LogP contribution in [0.1, 0.15) is 16.7 Å². The largest absolute Gasteiger partial charge is 0.503 e. The Labute approximate surface area is 188 Å². The molecule has 0 saturated heterocycles. The zero-order chi connectivity index (χ0) is 24.6. The average Bonchev–Trinajstić information content (AvgIpc) is 3.26. The van der Waals surface area contributed by atoms with Crippen molar-refractivity contribution in [2.75, 3.05) is 5.32 Å². The minimum Gasteiger partial charge on any atom is -0.503 e. The Bertz CT molecular complexity index is 1340. The number of halogens is 6. The second-order valence-electron chi connectivity index (χ2n) is 7.44. The smallest absolute Gasteiger partial charge is 0.416 e. The summed E-state index contributed by atoms with van der Waals surface area (Å²) in [4.78, 5) is 4.11. The fourth-order valence-corrected chi connectivity index (χ4v) is 3.21. The van der Waals surface area contributed by atoms with Gasteiger partial charge in [0.25, 0.3) is 5.89 Å². The van der Waals surface area contributed by atoms with Crippen LogP contribution in [0.15, 0.2) is 53.1 Å². The Morgan fingerprint density at radius 2 is 1.65 bits per heavy atom. The standard InChI is InChI=1S/C23H15F6N3O2/c1-11-2-3-13(21-31-22(34-32-21)14-6-17(25)20(33)18(26)7-14)8-19(11)30-10-12-4-15(23(27,28)29)9-16(24)5-12/h2-9,30,33H,10H2,1H3. The van der Waals surface area contributed by atoms with Crippen molar-refractivity contribution in [1.29, 1.82) is 0 Å². The molecule has 3 aromatic carbocycles. The molecular formula is C23H15F6N3O2. The molecule has 4 rings (SSSR count). The predicted molar refractivity (Wildman–Crippen MR) is 110 cm³/mol. The molecule has 0 aliphatic carbocycles. The van der Waals surface area contributed by atoms with Gasteiger partial charge in [-0.05, 0) is 54.4 Å². The number of alkyl halides is 3. The summed E-state index contributed by atoms with van der Waals surface area (Å²) in [7, 11) is 0. The van der Waals surface area contributed by atoms with Crippen LogP contribution in [0.25, 0.3) is 22.8 Å². The van der Waals surface area contributed by atoms with Crippen molar-refractivity contribution >= 4 is 5.69 Å². The van der Waals surface area contributed by atoms with Gasteiger partial charge in [0.2, 0.25) is 5.82 Å². The molecular weight excluding hydrogens is 464 g/mol. The lowest BCUT2D eigenvalue weighted by atomic mass is 10.1. The zero-order valence-corrected chi connectivity index (χ0v) is 17.3. The summed E-state index contributed by atoms with van der Waals surface area (Å²) in [6, 6.07) is 8.91. The Morgan fingerprint density at radius 3 is 2.32 bits per heavy atom. The molecule has 0 aliphatic rings. The van der Waals surface area contributed by atoms with Crippen LogP contribution in [0.4, 0.5) is 32.0 Å². The van der Waals surface area contributed by atoms with E-state index in [9.17, 15) is 31.4 Å². The molecule has 2 N–H and O–H groups in total. The monoisotopic (exact) mass is 479 g/mol. The fourth-order valence-electron chi connectivity index (χ4n) is 3.21. The highest BCUT2D eigenvalue weighted by Gasteiger charge is 2.31. The maximum atomic E-state index is 13.6. The molecule has 5 nitrogen and oxygen atoms in total.